The van der Waals surface area contributed by atoms with Gasteiger partial charge in [-0.15, -0.1) is 0 Å². The van der Waals surface area contributed by atoms with E-state index in [0.717, 1.165) is 25.1 Å². The van der Waals surface area contributed by atoms with Gasteiger partial charge in [-0.2, -0.15) is 0 Å². The highest BCUT2D eigenvalue weighted by molar-refractivity contribution is 5.24. The fourth-order valence-electron chi connectivity index (χ4n) is 1.83. The van der Waals surface area contributed by atoms with E-state index in [1.807, 2.05) is 6.92 Å². The van der Waals surface area contributed by atoms with Gasteiger partial charge in [-0.1, -0.05) is 13.0 Å². The van der Waals surface area contributed by atoms with Gasteiger partial charge >= 0.3 is 0 Å². The summed E-state index contributed by atoms with van der Waals surface area (Å²) in [6.45, 7) is 2.73. The van der Waals surface area contributed by atoms with Crippen molar-refractivity contribution in [2.45, 2.75) is 26.0 Å². The maximum absolute atomic E-state index is 13.1. The van der Waals surface area contributed by atoms with Crippen LogP contribution in [0.5, 0.6) is 0 Å². The van der Waals surface area contributed by atoms with E-state index in [1.54, 1.807) is 17.0 Å². The molecule has 0 saturated carbocycles. The van der Waals surface area contributed by atoms with Crippen LogP contribution in [0.2, 0.25) is 0 Å². The molecule has 0 aliphatic carbocycles. The highest BCUT2D eigenvalue weighted by Gasteiger charge is 2.17. The molecule has 2 rings (SSSR count). The summed E-state index contributed by atoms with van der Waals surface area (Å²) in [5.41, 5.74) is 0.289. The van der Waals surface area contributed by atoms with Crippen molar-refractivity contribution in [2.75, 3.05) is 0 Å². The van der Waals surface area contributed by atoms with Crippen LogP contribution in [0.25, 0.3) is 0 Å². The van der Waals surface area contributed by atoms with Crippen molar-refractivity contribution in [2.24, 2.45) is 0 Å². The zero-order chi connectivity index (χ0) is 13.1. The lowest BCUT2D eigenvalue weighted by molar-refractivity contribution is 0.203. The van der Waals surface area contributed by atoms with Gasteiger partial charge in [0.15, 0.2) is 11.6 Å². The lowest BCUT2D eigenvalue weighted by atomic mass is 10.1. The Bertz CT molecular complexity index is 540. The summed E-state index contributed by atoms with van der Waals surface area (Å²) >= 11 is 0. The average molecular weight is 252 g/mol. The van der Waals surface area contributed by atoms with Gasteiger partial charge in [0.25, 0.3) is 0 Å². The molecule has 1 N–H and O–H groups in total. The van der Waals surface area contributed by atoms with Crippen molar-refractivity contribution < 1.29 is 13.9 Å². The molecule has 18 heavy (non-hydrogen) atoms. The fourth-order valence-corrected chi connectivity index (χ4v) is 1.83. The van der Waals surface area contributed by atoms with E-state index in [9.17, 15) is 13.9 Å². The Morgan fingerprint density at radius 1 is 1.33 bits per heavy atom. The van der Waals surface area contributed by atoms with Gasteiger partial charge in [0.05, 0.1) is 0 Å². The molecule has 3 nitrogen and oxygen atoms in total. The third kappa shape index (κ3) is 2.41. The van der Waals surface area contributed by atoms with Crippen molar-refractivity contribution in [3.8, 4) is 0 Å². The minimum Gasteiger partial charge on any atom is -0.380 e. The number of imidazole rings is 1. The van der Waals surface area contributed by atoms with E-state index in [0.29, 0.717) is 5.82 Å². The SMILES string of the molecule is CCCn1ccnc1C(O)c1ccc(F)c(F)c1. The molecule has 1 unspecified atom stereocenters. The summed E-state index contributed by atoms with van der Waals surface area (Å²) in [6, 6.07) is 3.35. The highest BCUT2D eigenvalue weighted by Crippen LogP contribution is 2.22. The lowest BCUT2D eigenvalue weighted by Crippen LogP contribution is -2.10. The number of aryl methyl sites for hydroxylation is 1. The average Bonchev–Trinajstić information content (AvgIpc) is 2.80. The second-order valence-electron chi connectivity index (χ2n) is 4.05. The number of aliphatic hydroxyl groups excluding tert-OH is 1. The number of benzene rings is 1. The number of rotatable bonds is 4. The van der Waals surface area contributed by atoms with Gasteiger partial charge in [0.1, 0.15) is 11.9 Å². The molecule has 0 saturated heterocycles. The Balaban J connectivity index is 2.32. The first-order chi connectivity index (χ1) is 8.63. The molecule has 1 aromatic carbocycles. The summed E-state index contributed by atoms with van der Waals surface area (Å²) in [6.07, 6.45) is 3.17. The molecule has 0 radical (unpaired) electrons. The number of halogens is 2. The third-order valence-corrected chi connectivity index (χ3v) is 2.72. The van der Waals surface area contributed by atoms with Gasteiger partial charge in [0.2, 0.25) is 0 Å². The molecular weight excluding hydrogens is 238 g/mol. The number of hydrogen-bond donors (Lipinski definition) is 1. The smallest absolute Gasteiger partial charge is 0.159 e. The summed E-state index contributed by atoms with van der Waals surface area (Å²) in [5, 5.41) is 10.1. The van der Waals surface area contributed by atoms with Crippen LogP contribution in [0.1, 0.15) is 30.8 Å². The van der Waals surface area contributed by atoms with E-state index < -0.39 is 17.7 Å². The van der Waals surface area contributed by atoms with Crippen molar-refractivity contribution in [1.82, 2.24) is 9.55 Å². The van der Waals surface area contributed by atoms with E-state index in [2.05, 4.69) is 4.98 Å². The molecule has 0 spiro atoms. The van der Waals surface area contributed by atoms with Gasteiger partial charge in [-0.05, 0) is 24.1 Å². The Labute approximate surface area is 104 Å². The van der Waals surface area contributed by atoms with Crippen LogP contribution in [0, 0.1) is 11.6 Å². The monoisotopic (exact) mass is 252 g/mol. The van der Waals surface area contributed by atoms with Crippen molar-refractivity contribution >= 4 is 0 Å². The summed E-state index contributed by atoms with van der Waals surface area (Å²) in [4.78, 5) is 4.06. The van der Waals surface area contributed by atoms with Crippen LogP contribution in [0.4, 0.5) is 8.78 Å². The summed E-state index contributed by atoms with van der Waals surface area (Å²) < 4.78 is 27.7. The van der Waals surface area contributed by atoms with Gasteiger partial charge < -0.3 is 9.67 Å². The molecule has 0 aliphatic heterocycles. The number of nitrogens with zero attached hydrogens (tertiary/aromatic N) is 2. The first-order valence-corrected chi connectivity index (χ1v) is 5.77. The van der Waals surface area contributed by atoms with Crippen LogP contribution < -0.4 is 0 Å². The predicted molar refractivity (Wildman–Crippen MR) is 62.9 cm³/mol. The fraction of sp³-hybridized carbons (Fsp3) is 0.308. The van der Waals surface area contributed by atoms with E-state index in [1.165, 1.54) is 6.07 Å². The zero-order valence-corrected chi connectivity index (χ0v) is 9.98. The summed E-state index contributed by atoms with van der Waals surface area (Å²) in [7, 11) is 0. The normalized spacial score (nSPS) is 12.7. The minimum absolute atomic E-state index is 0.289. The van der Waals surface area contributed by atoms with Crippen LogP contribution >= 0.6 is 0 Å². The lowest BCUT2D eigenvalue weighted by Gasteiger charge is -2.13. The molecule has 2 aromatic rings. The van der Waals surface area contributed by atoms with Crippen molar-refractivity contribution in [1.29, 1.82) is 0 Å². The molecule has 96 valence electrons. The Kier molecular flexibility index (Phi) is 3.72. The molecule has 0 amide bonds. The van der Waals surface area contributed by atoms with Crippen LogP contribution in [0.3, 0.4) is 0 Å². The standard InChI is InChI=1S/C13H14F2N2O/c1-2-6-17-7-5-16-13(17)12(18)9-3-4-10(14)11(15)8-9/h3-5,7-8,12,18H,2,6H2,1H3. The maximum atomic E-state index is 13.1. The molecule has 1 atom stereocenters. The van der Waals surface area contributed by atoms with Gasteiger partial charge in [-0.3, -0.25) is 0 Å². The Morgan fingerprint density at radius 3 is 2.78 bits per heavy atom. The minimum atomic E-state index is -1.05. The highest BCUT2D eigenvalue weighted by atomic mass is 19.2. The second kappa shape index (κ2) is 5.27. The number of aliphatic hydroxyl groups is 1. The summed E-state index contributed by atoms with van der Waals surface area (Å²) in [5.74, 6) is -1.47. The number of hydrogen-bond acceptors (Lipinski definition) is 2. The predicted octanol–water partition coefficient (Wildman–Crippen LogP) is 2.65. The molecule has 1 heterocycles. The molecule has 0 fully saturated rings. The Morgan fingerprint density at radius 2 is 2.11 bits per heavy atom. The van der Waals surface area contributed by atoms with Crippen LogP contribution in [-0.4, -0.2) is 14.7 Å². The molecule has 5 heteroatoms. The topological polar surface area (TPSA) is 38.0 Å². The first-order valence-electron chi connectivity index (χ1n) is 5.77. The maximum Gasteiger partial charge on any atom is 0.159 e. The van der Waals surface area contributed by atoms with Crippen LogP contribution in [0.15, 0.2) is 30.6 Å². The number of aromatic nitrogens is 2. The largest absolute Gasteiger partial charge is 0.380 e. The molecular formula is C13H14F2N2O. The van der Waals surface area contributed by atoms with E-state index in [-0.39, 0.29) is 5.56 Å². The Hall–Kier alpha value is -1.75. The van der Waals surface area contributed by atoms with E-state index >= 15 is 0 Å². The quantitative estimate of drug-likeness (QED) is 0.908. The third-order valence-electron chi connectivity index (χ3n) is 2.72. The van der Waals surface area contributed by atoms with Crippen molar-refractivity contribution in [3.05, 3.63) is 53.6 Å². The molecule has 0 bridgehead atoms. The molecule has 0 aliphatic rings. The second-order valence-corrected chi connectivity index (χ2v) is 4.05. The first kappa shape index (κ1) is 12.7. The van der Waals surface area contributed by atoms with Crippen LogP contribution in [-0.2, 0) is 6.54 Å². The molecule has 1 aromatic heterocycles. The zero-order valence-electron chi connectivity index (χ0n) is 9.98. The van der Waals surface area contributed by atoms with Crippen molar-refractivity contribution in [3.63, 3.8) is 0 Å². The van der Waals surface area contributed by atoms with Gasteiger partial charge in [0, 0.05) is 18.9 Å². The van der Waals surface area contributed by atoms with E-state index in [4.69, 9.17) is 0 Å². The van der Waals surface area contributed by atoms with Gasteiger partial charge in [-0.25, -0.2) is 13.8 Å².